The van der Waals surface area contributed by atoms with E-state index >= 15 is 0 Å². The molecule has 0 aromatic carbocycles. The lowest BCUT2D eigenvalue weighted by Crippen LogP contribution is -2.40. The number of nitrogens with zero attached hydrogens (tertiary/aromatic N) is 1. The minimum absolute atomic E-state index is 0.0477. The van der Waals surface area contributed by atoms with E-state index in [0.29, 0.717) is 5.01 Å². The number of nitrogens with two attached hydrogens (primary N) is 1. The summed E-state index contributed by atoms with van der Waals surface area (Å²) in [4.78, 5) is 26.2. The Morgan fingerprint density at radius 2 is 2.43 bits per heavy atom. The Morgan fingerprint density at radius 1 is 1.71 bits per heavy atom. The largest absolute Gasteiger partial charge is 0.347 e. The van der Waals surface area contributed by atoms with Gasteiger partial charge in [0.15, 0.2) is 5.01 Å². The van der Waals surface area contributed by atoms with Crippen LogP contribution in [0.4, 0.5) is 0 Å². The van der Waals surface area contributed by atoms with Gasteiger partial charge in [-0.2, -0.15) is 0 Å². The van der Waals surface area contributed by atoms with Crippen molar-refractivity contribution in [3.63, 3.8) is 0 Å². The van der Waals surface area contributed by atoms with Crippen molar-refractivity contribution in [3.05, 3.63) is 16.6 Å². The van der Waals surface area contributed by atoms with Gasteiger partial charge in [0.1, 0.15) is 0 Å². The van der Waals surface area contributed by atoms with E-state index in [1.165, 1.54) is 11.3 Å². The minimum Gasteiger partial charge on any atom is -0.347 e. The molecule has 0 spiro atoms. The molecule has 0 aliphatic carbocycles. The fourth-order valence-corrected chi connectivity index (χ4v) is 1.34. The first-order chi connectivity index (χ1) is 6.61. The van der Waals surface area contributed by atoms with Gasteiger partial charge in [-0.3, -0.25) is 9.59 Å². The van der Waals surface area contributed by atoms with Gasteiger partial charge in [-0.05, 0) is 6.92 Å². The van der Waals surface area contributed by atoms with Crippen LogP contribution in [0.3, 0.4) is 0 Å². The molecule has 6 heteroatoms. The molecule has 1 amide bonds. The van der Waals surface area contributed by atoms with Gasteiger partial charge in [-0.25, -0.2) is 4.98 Å². The molecule has 0 saturated carbocycles. The average Bonchev–Trinajstić information content (AvgIpc) is 2.66. The molecular weight excluding hydrogens is 202 g/mol. The van der Waals surface area contributed by atoms with E-state index in [1.54, 1.807) is 18.5 Å². The van der Waals surface area contributed by atoms with Crippen LogP contribution in [-0.4, -0.2) is 29.3 Å². The Labute approximate surface area is 85.3 Å². The molecule has 0 radical (unpaired) electrons. The van der Waals surface area contributed by atoms with Crippen LogP contribution in [0.1, 0.15) is 16.7 Å². The van der Waals surface area contributed by atoms with E-state index in [-0.39, 0.29) is 18.2 Å². The van der Waals surface area contributed by atoms with Crippen molar-refractivity contribution < 1.29 is 9.59 Å². The molecule has 5 nitrogen and oxygen atoms in total. The number of nitrogens with one attached hydrogen (secondary N) is 1. The number of aromatic nitrogens is 1. The van der Waals surface area contributed by atoms with Gasteiger partial charge < -0.3 is 11.1 Å². The van der Waals surface area contributed by atoms with Gasteiger partial charge in [0.05, 0.1) is 12.6 Å². The first kappa shape index (κ1) is 10.8. The molecule has 1 rings (SSSR count). The number of amides is 1. The summed E-state index contributed by atoms with van der Waals surface area (Å²) in [6, 6.07) is -0.598. The van der Waals surface area contributed by atoms with Crippen LogP contribution in [0.25, 0.3) is 0 Å². The summed E-state index contributed by atoms with van der Waals surface area (Å²) < 4.78 is 0. The first-order valence-corrected chi connectivity index (χ1v) is 4.95. The van der Waals surface area contributed by atoms with Gasteiger partial charge in [-0.15, -0.1) is 11.3 Å². The average molecular weight is 213 g/mol. The Balaban J connectivity index is 2.40. The number of hydrogen-bond donors (Lipinski definition) is 2. The molecule has 76 valence electrons. The van der Waals surface area contributed by atoms with E-state index in [1.807, 2.05) is 0 Å². The van der Waals surface area contributed by atoms with Crippen molar-refractivity contribution in [2.75, 3.05) is 6.54 Å². The second-order valence-electron chi connectivity index (χ2n) is 2.77. The van der Waals surface area contributed by atoms with Gasteiger partial charge in [-0.1, -0.05) is 0 Å². The summed E-state index contributed by atoms with van der Waals surface area (Å²) in [5.74, 6) is -0.538. The maximum Gasteiger partial charge on any atom is 0.237 e. The van der Waals surface area contributed by atoms with Crippen LogP contribution >= 0.6 is 11.3 Å². The fourth-order valence-electron chi connectivity index (χ4n) is 0.765. The number of Topliss-reactive ketones (excluding diaryl/α,β-unsaturated/α-hetero) is 1. The van der Waals surface area contributed by atoms with Crippen LogP contribution in [0.15, 0.2) is 11.6 Å². The molecule has 0 bridgehead atoms. The second-order valence-corrected chi connectivity index (χ2v) is 3.66. The SMILES string of the molecule is CC(N)C(=O)NCC(=O)c1nccs1. The van der Waals surface area contributed by atoms with Crippen molar-refractivity contribution in [1.82, 2.24) is 10.3 Å². The molecule has 0 saturated heterocycles. The number of thiazole rings is 1. The van der Waals surface area contributed by atoms with Crippen molar-refractivity contribution in [1.29, 1.82) is 0 Å². The molecule has 1 atom stereocenters. The Morgan fingerprint density at radius 3 is 2.93 bits per heavy atom. The molecule has 1 aromatic rings. The van der Waals surface area contributed by atoms with Crippen LogP contribution < -0.4 is 11.1 Å². The Hall–Kier alpha value is -1.27. The third-order valence-electron chi connectivity index (χ3n) is 1.51. The third kappa shape index (κ3) is 2.90. The zero-order chi connectivity index (χ0) is 10.6. The van der Waals surface area contributed by atoms with E-state index in [0.717, 1.165) is 0 Å². The lowest BCUT2D eigenvalue weighted by molar-refractivity contribution is -0.121. The van der Waals surface area contributed by atoms with E-state index < -0.39 is 6.04 Å². The van der Waals surface area contributed by atoms with Gasteiger partial charge in [0.25, 0.3) is 0 Å². The summed E-state index contributed by atoms with van der Waals surface area (Å²) in [5, 5.41) is 4.53. The molecule has 3 N–H and O–H groups in total. The second kappa shape index (κ2) is 4.83. The van der Waals surface area contributed by atoms with Crippen molar-refractivity contribution in [2.24, 2.45) is 5.73 Å². The molecule has 1 heterocycles. The third-order valence-corrected chi connectivity index (χ3v) is 2.32. The number of ketones is 1. The van der Waals surface area contributed by atoms with Crippen molar-refractivity contribution >= 4 is 23.0 Å². The smallest absolute Gasteiger partial charge is 0.237 e. The predicted octanol–water partition coefficient (Wildman–Crippen LogP) is -0.211. The standard InChI is InChI=1S/C8H11N3O2S/c1-5(9)7(13)11-4-6(12)8-10-2-3-14-8/h2-3,5H,4,9H2,1H3,(H,11,13). The van der Waals surface area contributed by atoms with E-state index in [9.17, 15) is 9.59 Å². The highest BCUT2D eigenvalue weighted by Crippen LogP contribution is 2.03. The number of carbonyl (C=O) groups is 2. The lowest BCUT2D eigenvalue weighted by atomic mass is 10.3. The van der Waals surface area contributed by atoms with Crippen LogP contribution in [-0.2, 0) is 4.79 Å². The summed E-state index contributed by atoms with van der Waals surface area (Å²) in [6.07, 6.45) is 1.55. The van der Waals surface area contributed by atoms with Gasteiger partial charge in [0, 0.05) is 11.6 Å². The van der Waals surface area contributed by atoms with Crippen molar-refractivity contribution in [3.8, 4) is 0 Å². The summed E-state index contributed by atoms with van der Waals surface area (Å²) in [5.41, 5.74) is 5.30. The molecule has 1 aromatic heterocycles. The van der Waals surface area contributed by atoms with Crippen LogP contribution in [0.5, 0.6) is 0 Å². The maximum atomic E-state index is 11.3. The monoisotopic (exact) mass is 213 g/mol. The molecule has 1 unspecified atom stereocenters. The molecular formula is C8H11N3O2S. The first-order valence-electron chi connectivity index (χ1n) is 4.07. The van der Waals surface area contributed by atoms with Crippen LogP contribution in [0, 0.1) is 0 Å². The fraction of sp³-hybridized carbons (Fsp3) is 0.375. The Bertz CT molecular complexity index is 321. The molecule has 14 heavy (non-hydrogen) atoms. The summed E-state index contributed by atoms with van der Waals surface area (Å²) >= 11 is 1.25. The zero-order valence-electron chi connectivity index (χ0n) is 7.69. The topological polar surface area (TPSA) is 85.1 Å². The normalized spacial score (nSPS) is 12.1. The zero-order valence-corrected chi connectivity index (χ0v) is 8.50. The molecule has 0 aliphatic heterocycles. The highest BCUT2D eigenvalue weighted by atomic mass is 32.1. The molecule has 0 fully saturated rings. The Kier molecular flexibility index (Phi) is 3.73. The van der Waals surface area contributed by atoms with Crippen molar-refractivity contribution in [2.45, 2.75) is 13.0 Å². The summed E-state index contributed by atoms with van der Waals surface area (Å²) in [6.45, 7) is 1.51. The van der Waals surface area contributed by atoms with Gasteiger partial charge in [0.2, 0.25) is 11.7 Å². The predicted molar refractivity (Wildman–Crippen MR) is 53.1 cm³/mol. The molecule has 0 aliphatic rings. The quantitative estimate of drug-likeness (QED) is 0.678. The minimum atomic E-state index is -0.598. The number of rotatable bonds is 4. The maximum absolute atomic E-state index is 11.3. The van der Waals surface area contributed by atoms with Crippen LogP contribution in [0.2, 0.25) is 0 Å². The number of hydrogen-bond acceptors (Lipinski definition) is 5. The van der Waals surface area contributed by atoms with E-state index in [4.69, 9.17) is 5.73 Å². The number of carbonyl (C=O) groups excluding carboxylic acids is 2. The highest BCUT2D eigenvalue weighted by Gasteiger charge is 2.11. The summed E-state index contributed by atoms with van der Waals surface area (Å²) in [7, 11) is 0. The van der Waals surface area contributed by atoms with Gasteiger partial charge >= 0.3 is 0 Å². The highest BCUT2D eigenvalue weighted by molar-refractivity contribution is 7.11. The van der Waals surface area contributed by atoms with E-state index in [2.05, 4.69) is 10.3 Å². The lowest BCUT2D eigenvalue weighted by Gasteiger charge is -2.05.